The number of aliphatic hydroxyl groups is 2. The molecule has 0 bridgehead atoms. The first-order valence-electron chi connectivity index (χ1n) is 12.5. The SMILES string of the molecule is C#C[C@@]1(O)[C@@H](COC(Cc2ccccc2)(C(=O)O)C(=O)O)O[C@@H](n2cnc3c(C4CNCCO4)nc(Cl)nc32)[C@@H]1O. The van der Waals surface area contributed by atoms with Crippen molar-refractivity contribution >= 4 is 34.7 Å². The van der Waals surface area contributed by atoms with Gasteiger partial charge in [-0.2, -0.15) is 4.98 Å². The molecule has 15 heteroatoms. The number of benzene rings is 1. The number of aromatic nitrogens is 4. The molecule has 2 saturated heterocycles. The second kappa shape index (κ2) is 11.3. The van der Waals surface area contributed by atoms with Crippen LogP contribution in [0, 0.1) is 12.3 Å². The monoisotopic (exact) mass is 587 g/mol. The van der Waals surface area contributed by atoms with Crippen LogP contribution in [-0.2, 0) is 30.2 Å². The molecule has 0 radical (unpaired) electrons. The van der Waals surface area contributed by atoms with E-state index in [2.05, 4.69) is 26.2 Å². The predicted octanol–water partition coefficient (Wildman–Crippen LogP) is -0.0695. The number of imidazole rings is 1. The molecule has 5 N–H and O–H groups in total. The highest BCUT2D eigenvalue weighted by molar-refractivity contribution is 6.28. The number of ether oxygens (including phenoxy) is 3. The van der Waals surface area contributed by atoms with Crippen LogP contribution >= 0.6 is 11.6 Å². The number of carboxylic acid groups (broad SMARTS) is 2. The van der Waals surface area contributed by atoms with Gasteiger partial charge in [-0.25, -0.2) is 19.6 Å². The number of aliphatic hydroxyl groups excluding tert-OH is 1. The summed E-state index contributed by atoms with van der Waals surface area (Å²) in [6, 6.07) is 8.03. The number of hydrogen-bond donors (Lipinski definition) is 5. The normalized spacial score (nSPS) is 26.6. The quantitative estimate of drug-likeness (QED) is 0.127. The van der Waals surface area contributed by atoms with E-state index in [0.29, 0.717) is 36.5 Å². The lowest BCUT2D eigenvalue weighted by Crippen LogP contribution is -2.55. The summed E-state index contributed by atoms with van der Waals surface area (Å²) in [6.07, 6.45) is 1.13. The van der Waals surface area contributed by atoms with E-state index in [4.69, 9.17) is 32.2 Å². The van der Waals surface area contributed by atoms with Crippen molar-refractivity contribution in [2.75, 3.05) is 26.3 Å². The number of rotatable bonds is 9. The van der Waals surface area contributed by atoms with Crippen molar-refractivity contribution in [3.05, 3.63) is 53.2 Å². The van der Waals surface area contributed by atoms with Crippen LogP contribution in [0.3, 0.4) is 0 Å². The van der Waals surface area contributed by atoms with E-state index in [-0.39, 0.29) is 10.9 Å². The number of carboxylic acids is 2. The Morgan fingerprint density at radius 3 is 2.63 bits per heavy atom. The van der Waals surface area contributed by atoms with Gasteiger partial charge in [-0.15, -0.1) is 6.42 Å². The average molecular weight is 588 g/mol. The molecule has 1 aromatic carbocycles. The minimum absolute atomic E-state index is 0.128. The molecule has 5 rings (SSSR count). The molecule has 0 spiro atoms. The van der Waals surface area contributed by atoms with Crippen molar-refractivity contribution < 1.29 is 44.2 Å². The second-order valence-electron chi connectivity index (χ2n) is 9.61. The Morgan fingerprint density at radius 1 is 1.27 bits per heavy atom. The largest absolute Gasteiger partial charge is 0.479 e. The molecule has 2 aliphatic heterocycles. The van der Waals surface area contributed by atoms with Gasteiger partial charge in [-0.05, 0) is 17.2 Å². The minimum atomic E-state index is -2.74. The summed E-state index contributed by atoms with van der Waals surface area (Å²) < 4.78 is 18.4. The van der Waals surface area contributed by atoms with Crippen LogP contribution in [0.25, 0.3) is 11.2 Å². The lowest BCUT2D eigenvalue weighted by atomic mass is 9.92. The zero-order valence-electron chi connectivity index (χ0n) is 21.4. The highest BCUT2D eigenvalue weighted by Crippen LogP contribution is 2.40. The minimum Gasteiger partial charge on any atom is -0.479 e. The number of aliphatic carboxylic acids is 2. The van der Waals surface area contributed by atoms with Crippen LogP contribution in [0.2, 0.25) is 5.28 Å². The van der Waals surface area contributed by atoms with Crippen LogP contribution < -0.4 is 5.32 Å². The molecule has 0 saturated carbocycles. The van der Waals surface area contributed by atoms with E-state index in [1.165, 1.54) is 10.9 Å². The third-order valence-corrected chi connectivity index (χ3v) is 7.31. The Kier molecular flexibility index (Phi) is 7.95. The van der Waals surface area contributed by atoms with Gasteiger partial charge in [0.05, 0.1) is 19.5 Å². The summed E-state index contributed by atoms with van der Waals surface area (Å²) in [7, 11) is 0. The third-order valence-electron chi connectivity index (χ3n) is 7.14. The van der Waals surface area contributed by atoms with Crippen LogP contribution in [0.4, 0.5) is 0 Å². The van der Waals surface area contributed by atoms with E-state index >= 15 is 0 Å². The Labute approximate surface area is 237 Å². The molecule has 5 atom stereocenters. The zero-order chi connectivity index (χ0) is 29.4. The van der Waals surface area contributed by atoms with Crippen LogP contribution in [0.15, 0.2) is 36.7 Å². The standard InChI is InChI=1S/C26H26ClN5O9/c1-2-25(38)16(12-40-26(22(34)35,23(36)37)10-14-6-4-3-5-7-14)41-21(19(25)33)32-13-29-18-17(15-11-28-8-9-39-15)30-24(27)31-20(18)32/h1,3-7,13,15-16,19,21,28,33,38H,8-12H2,(H,34,35)(H,36,37)/t15?,16-,19+,21-,25-/m1/s1. The zero-order valence-corrected chi connectivity index (χ0v) is 22.1. The second-order valence-corrected chi connectivity index (χ2v) is 9.94. The van der Waals surface area contributed by atoms with Crippen LogP contribution in [-0.4, -0.2) is 102 Å². The molecular weight excluding hydrogens is 562 g/mol. The summed E-state index contributed by atoms with van der Waals surface area (Å²) in [4.78, 5) is 37.2. The first-order chi connectivity index (χ1) is 19.6. The number of hydrogen-bond acceptors (Lipinski definition) is 11. The van der Waals surface area contributed by atoms with Gasteiger partial charge in [0.25, 0.3) is 5.60 Å². The summed E-state index contributed by atoms with van der Waals surface area (Å²) in [5, 5.41) is 45.2. The molecule has 1 unspecified atom stereocenters. The molecular formula is C26H26ClN5O9. The number of carbonyl (C=O) groups is 2. The number of fused-ring (bicyclic) bond motifs is 1. The fourth-order valence-electron chi connectivity index (χ4n) is 4.90. The fourth-order valence-corrected chi connectivity index (χ4v) is 5.07. The smallest absolute Gasteiger partial charge is 0.348 e. The summed E-state index contributed by atoms with van der Waals surface area (Å²) in [6.45, 7) is 0.759. The fraction of sp³-hybridized carbons (Fsp3) is 0.423. The van der Waals surface area contributed by atoms with E-state index in [9.17, 15) is 30.0 Å². The van der Waals surface area contributed by atoms with Gasteiger partial charge in [-0.1, -0.05) is 36.3 Å². The van der Waals surface area contributed by atoms with Gasteiger partial charge in [0, 0.05) is 19.5 Å². The number of terminal acetylenes is 1. The van der Waals surface area contributed by atoms with Gasteiger partial charge < -0.3 is 40.0 Å². The maximum atomic E-state index is 12.2. The molecule has 4 heterocycles. The number of nitrogens with zero attached hydrogens (tertiary/aromatic N) is 4. The van der Waals surface area contributed by atoms with Crippen molar-refractivity contribution in [1.82, 2.24) is 24.8 Å². The highest BCUT2D eigenvalue weighted by Gasteiger charge is 2.58. The van der Waals surface area contributed by atoms with Gasteiger partial charge >= 0.3 is 11.9 Å². The van der Waals surface area contributed by atoms with Crippen LogP contribution in [0.1, 0.15) is 23.6 Å². The van der Waals surface area contributed by atoms with E-state index in [1.54, 1.807) is 30.3 Å². The first kappa shape index (κ1) is 28.8. The Hall–Kier alpha value is -3.68. The maximum Gasteiger partial charge on any atom is 0.348 e. The molecule has 3 aromatic rings. The van der Waals surface area contributed by atoms with E-state index in [0.717, 1.165) is 0 Å². The Bertz CT molecular complexity index is 1480. The predicted molar refractivity (Wildman–Crippen MR) is 140 cm³/mol. The highest BCUT2D eigenvalue weighted by atomic mass is 35.5. The lowest BCUT2D eigenvalue weighted by molar-refractivity contribution is -0.191. The number of morpholine rings is 1. The maximum absolute atomic E-state index is 12.2. The number of nitrogens with one attached hydrogen (secondary N) is 1. The molecule has 216 valence electrons. The van der Waals surface area contributed by atoms with Crippen molar-refractivity contribution in [3.8, 4) is 12.3 Å². The molecule has 2 aromatic heterocycles. The van der Waals surface area contributed by atoms with Gasteiger partial charge in [0.15, 0.2) is 17.5 Å². The van der Waals surface area contributed by atoms with Gasteiger partial charge in [-0.3, -0.25) is 4.57 Å². The van der Waals surface area contributed by atoms with E-state index < -0.39 is 60.7 Å². The van der Waals surface area contributed by atoms with Crippen molar-refractivity contribution in [2.24, 2.45) is 0 Å². The van der Waals surface area contributed by atoms with Crippen molar-refractivity contribution in [1.29, 1.82) is 0 Å². The topological polar surface area (TPSA) is 198 Å². The summed E-state index contributed by atoms with van der Waals surface area (Å²) in [5.41, 5.74) is -3.92. The first-order valence-corrected chi connectivity index (χ1v) is 12.9. The molecule has 14 nitrogen and oxygen atoms in total. The number of halogens is 1. The summed E-state index contributed by atoms with van der Waals surface area (Å²) >= 11 is 6.20. The van der Waals surface area contributed by atoms with E-state index in [1.807, 2.05) is 0 Å². The molecule has 2 aliphatic rings. The van der Waals surface area contributed by atoms with Gasteiger partial charge in [0.2, 0.25) is 5.28 Å². The molecule has 0 aliphatic carbocycles. The van der Waals surface area contributed by atoms with Crippen LogP contribution in [0.5, 0.6) is 0 Å². The Morgan fingerprint density at radius 2 is 2.00 bits per heavy atom. The van der Waals surface area contributed by atoms with Gasteiger partial charge in [0.1, 0.15) is 29.5 Å². The molecule has 0 amide bonds. The molecule has 41 heavy (non-hydrogen) atoms. The summed E-state index contributed by atoms with van der Waals surface area (Å²) in [5.74, 6) is -1.46. The Balaban J connectivity index is 1.45. The third kappa shape index (κ3) is 5.13. The average Bonchev–Trinajstić information content (AvgIpc) is 3.49. The molecule has 2 fully saturated rings. The van der Waals surface area contributed by atoms with Crippen molar-refractivity contribution in [2.45, 2.75) is 42.2 Å². The van der Waals surface area contributed by atoms with Crippen molar-refractivity contribution in [3.63, 3.8) is 0 Å². The lowest BCUT2D eigenvalue weighted by Gasteiger charge is -2.30.